The summed E-state index contributed by atoms with van der Waals surface area (Å²) < 4.78 is 11.7. The minimum Gasteiger partial charge on any atom is -0.493 e. The van der Waals surface area contributed by atoms with E-state index >= 15 is 0 Å². The van der Waals surface area contributed by atoms with Crippen LogP contribution in [0.3, 0.4) is 0 Å². The predicted molar refractivity (Wildman–Crippen MR) is 127 cm³/mol. The van der Waals surface area contributed by atoms with E-state index in [9.17, 15) is 9.59 Å². The zero-order chi connectivity index (χ0) is 22.7. The van der Waals surface area contributed by atoms with Crippen LogP contribution in [0.15, 0.2) is 69.9 Å². The lowest BCUT2D eigenvalue weighted by Crippen LogP contribution is -2.20. The summed E-state index contributed by atoms with van der Waals surface area (Å²) in [6, 6.07) is 18.1. The Bertz CT molecular complexity index is 1350. The molecule has 4 aromatic rings. The predicted octanol–water partition coefficient (Wildman–Crippen LogP) is 4.69. The molecule has 0 atom stereocenters. The largest absolute Gasteiger partial charge is 0.493 e. The second-order valence-corrected chi connectivity index (χ2v) is 7.98. The summed E-state index contributed by atoms with van der Waals surface area (Å²) in [5.74, 6) is 0.871. The highest BCUT2D eigenvalue weighted by Gasteiger charge is 2.16. The number of nitrogens with zero attached hydrogens (tertiary/aromatic N) is 1. The molecule has 0 spiro atoms. The number of para-hydroxylation sites is 1. The third kappa shape index (κ3) is 4.65. The van der Waals surface area contributed by atoms with E-state index in [1.165, 1.54) is 7.11 Å². The zero-order valence-electron chi connectivity index (χ0n) is 17.4. The molecule has 4 rings (SSSR count). The quantitative estimate of drug-likeness (QED) is 0.406. The van der Waals surface area contributed by atoms with Crippen molar-refractivity contribution >= 4 is 38.4 Å². The van der Waals surface area contributed by atoms with Crippen LogP contribution in [0.4, 0.5) is 5.69 Å². The van der Waals surface area contributed by atoms with Crippen LogP contribution < -0.4 is 20.3 Å². The third-order valence-corrected chi connectivity index (χ3v) is 5.39. The van der Waals surface area contributed by atoms with Gasteiger partial charge in [-0.2, -0.15) is 0 Å². The minimum atomic E-state index is -0.299. The summed E-state index contributed by atoms with van der Waals surface area (Å²) in [6.07, 6.45) is 0. The van der Waals surface area contributed by atoms with Crippen molar-refractivity contribution in [3.05, 3.63) is 81.1 Å². The van der Waals surface area contributed by atoms with Gasteiger partial charge in [0.05, 0.1) is 22.5 Å². The lowest BCUT2D eigenvalue weighted by atomic mass is 10.1. The van der Waals surface area contributed by atoms with Crippen molar-refractivity contribution in [2.75, 3.05) is 19.0 Å². The van der Waals surface area contributed by atoms with E-state index in [0.29, 0.717) is 43.9 Å². The van der Waals surface area contributed by atoms with Crippen LogP contribution in [-0.4, -0.2) is 29.6 Å². The number of H-pyrrole nitrogens is 1. The molecule has 0 unspecified atom stereocenters. The zero-order valence-corrected chi connectivity index (χ0v) is 19.0. The fraction of sp³-hybridized carbons (Fsp3) is 0.125. The molecule has 0 aliphatic carbocycles. The first-order valence-electron chi connectivity index (χ1n) is 9.81. The second kappa shape index (κ2) is 9.23. The maximum Gasteiger partial charge on any atom is 0.262 e. The highest BCUT2D eigenvalue weighted by atomic mass is 79.9. The van der Waals surface area contributed by atoms with E-state index in [2.05, 4.69) is 31.2 Å². The summed E-state index contributed by atoms with van der Waals surface area (Å²) >= 11 is 3.47. The molecular formula is C24H20BrN3O4. The molecule has 2 N–H and O–H groups in total. The number of carbonyl (C=O) groups excluding carboxylic acids is 1. The van der Waals surface area contributed by atoms with Gasteiger partial charge in [0.15, 0.2) is 18.1 Å². The molecule has 0 fully saturated rings. The monoisotopic (exact) mass is 493 g/mol. The van der Waals surface area contributed by atoms with Gasteiger partial charge in [-0.25, -0.2) is 4.98 Å². The summed E-state index contributed by atoms with van der Waals surface area (Å²) in [4.78, 5) is 32.0. The minimum absolute atomic E-state index is 0.201. The number of aromatic nitrogens is 2. The number of benzene rings is 3. The SMILES string of the molecule is COc1cc(-c2nc3ccccc3c(=O)[nH]2)cc(Br)c1OCC(=O)Nc1ccc(C)cc1. The molecule has 8 heteroatoms. The van der Waals surface area contributed by atoms with Gasteiger partial charge in [0.2, 0.25) is 0 Å². The van der Waals surface area contributed by atoms with Crippen molar-refractivity contribution in [2.24, 2.45) is 0 Å². The number of methoxy groups -OCH3 is 1. The first kappa shape index (κ1) is 21.6. The summed E-state index contributed by atoms with van der Waals surface area (Å²) in [5, 5.41) is 3.30. The molecule has 162 valence electrons. The summed E-state index contributed by atoms with van der Waals surface area (Å²) in [7, 11) is 1.50. The fourth-order valence-corrected chi connectivity index (χ4v) is 3.75. The van der Waals surface area contributed by atoms with Crippen molar-refractivity contribution in [3.8, 4) is 22.9 Å². The van der Waals surface area contributed by atoms with Crippen LogP contribution in [0.5, 0.6) is 11.5 Å². The number of fused-ring (bicyclic) bond motifs is 1. The van der Waals surface area contributed by atoms with E-state index in [1.807, 2.05) is 37.3 Å². The number of amides is 1. The maximum atomic E-state index is 12.4. The van der Waals surface area contributed by atoms with E-state index < -0.39 is 0 Å². The van der Waals surface area contributed by atoms with Crippen molar-refractivity contribution in [3.63, 3.8) is 0 Å². The molecule has 3 aromatic carbocycles. The standard InChI is InChI=1S/C24H20BrN3O4/c1-14-7-9-16(10-8-14)26-21(29)13-32-22-18(25)11-15(12-20(22)31-2)23-27-19-6-4-3-5-17(19)24(30)28-23/h3-12H,13H2,1-2H3,(H,26,29)(H,27,28,30). The molecule has 0 radical (unpaired) electrons. The van der Waals surface area contributed by atoms with Gasteiger partial charge in [0.1, 0.15) is 5.82 Å². The third-order valence-electron chi connectivity index (χ3n) is 4.80. The average Bonchev–Trinajstić information content (AvgIpc) is 2.79. The van der Waals surface area contributed by atoms with E-state index in [1.54, 1.807) is 30.3 Å². The number of ether oxygens (including phenoxy) is 2. The molecule has 0 saturated carbocycles. The Morgan fingerprint density at radius 2 is 1.88 bits per heavy atom. The Labute approximate surface area is 192 Å². The van der Waals surface area contributed by atoms with Gasteiger partial charge in [-0.3, -0.25) is 9.59 Å². The summed E-state index contributed by atoms with van der Waals surface area (Å²) in [5.41, 5.74) is 2.79. The normalized spacial score (nSPS) is 10.7. The van der Waals surface area contributed by atoms with Crippen LogP contribution in [0.1, 0.15) is 5.56 Å². The lowest BCUT2D eigenvalue weighted by Gasteiger charge is -2.14. The molecule has 1 aromatic heterocycles. The molecular weight excluding hydrogens is 474 g/mol. The highest BCUT2D eigenvalue weighted by molar-refractivity contribution is 9.10. The van der Waals surface area contributed by atoms with Crippen molar-refractivity contribution in [2.45, 2.75) is 6.92 Å². The van der Waals surface area contributed by atoms with Gasteiger partial charge in [-0.1, -0.05) is 29.8 Å². The van der Waals surface area contributed by atoms with Crippen molar-refractivity contribution < 1.29 is 14.3 Å². The van der Waals surface area contributed by atoms with E-state index in [4.69, 9.17) is 9.47 Å². The van der Waals surface area contributed by atoms with Gasteiger partial charge >= 0.3 is 0 Å². The second-order valence-electron chi connectivity index (χ2n) is 7.12. The molecule has 7 nitrogen and oxygen atoms in total. The maximum absolute atomic E-state index is 12.4. The number of rotatable bonds is 6. The molecule has 0 bridgehead atoms. The molecule has 32 heavy (non-hydrogen) atoms. The Balaban J connectivity index is 1.56. The van der Waals surface area contributed by atoms with Gasteiger partial charge < -0.3 is 19.8 Å². The van der Waals surface area contributed by atoms with E-state index in [0.717, 1.165) is 5.56 Å². The Morgan fingerprint density at radius 1 is 1.12 bits per heavy atom. The number of carbonyl (C=O) groups is 1. The average molecular weight is 494 g/mol. The Kier molecular flexibility index (Phi) is 6.23. The molecule has 0 saturated heterocycles. The highest BCUT2D eigenvalue weighted by Crippen LogP contribution is 2.39. The van der Waals surface area contributed by atoms with Crippen molar-refractivity contribution in [1.29, 1.82) is 0 Å². The fourth-order valence-electron chi connectivity index (χ4n) is 3.19. The number of aryl methyl sites for hydroxylation is 1. The van der Waals surface area contributed by atoms with Crippen LogP contribution in [0, 0.1) is 6.92 Å². The Morgan fingerprint density at radius 3 is 2.62 bits per heavy atom. The van der Waals surface area contributed by atoms with Crippen LogP contribution in [-0.2, 0) is 4.79 Å². The first-order chi connectivity index (χ1) is 15.4. The number of halogens is 1. The number of hydrogen-bond acceptors (Lipinski definition) is 5. The Hall–Kier alpha value is -3.65. The van der Waals surface area contributed by atoms with Crippen LogP contribution >= 0.6 is 15.9 Å². The molecule has 1 heterocycles. The topological polar surface area (TPSA) is 93.3 Å². The number of aromatic amines is 1. The molecule has 0 aliphatic rings. The smallest absolute Gasteiger partial charge is 0.262 e. The molecule has 1 amide bonds. The number of anilines is 1. The molecule has 0 aliphatic heterocycles. The van der Waals surface area contributed by atoms with Crippen molar-refractivity contribution in [1.82, 2.24) is 9.97 Å². The van der Waals surface area contributed by atoms with Crippen LogP contribution in [0.25, 0.3) is 22.3 Å². The lowest BCUT2D eigenvalue weighted by molar-refractivity contribution is -0.118. The number of hydrogen-bond donors (Lipinski definition) is 2. The van der Waals surface area contributed by atoms with Gasteiger partial charge in [-0.15, -0.1) is 0 Å². The van der Waals surface area contributed by atoms with Gasteiger partial charge in [0.25, 0.3) is 11.5 Å². The van der Waals surface area contributed by atoms with E-state index in [-0.39, 0.29) is 18.1 Å². The van der Waals surface area contributed by atoms with Gasteiger partial charge in [-0.05, 0) is 59.3 Å². The van der Waals surface area contributed by atoms with Crippen LogP contribution in [0.2, 0.25) is 0 Å². The summed E-state index contributed by atoms with van der Waals surface area (Å²) in [6.45, 7) is 1.78. The first-order valence-corrected chi connectivity index (χ1v) is 10.6. The van der Waals surface area contributed by atoms with Gasteiger partial charge in [0, 0.05) is 11.3 Å². The number of nitrogens with one attached hydrogen (secondary N) is 2.